The third-order valence-electron chi connectivity index (χ3n) is 12.9. The minimum absolute atomic E-state index is 0.00940. The van der Waals surface area contributed by atoms with Crippen LogP contribution in [0, 0.1) is 17.3 Å². The lowest BCUT2D eigenvalue weighted by Crippen LogP contribution is -2.70. The molecule has 6 heterocycles. The third kappa shape index (κ3) is 8.95. The number of thiazole rings is 1. The van der Waals surface area contributed by atoms with Crippen molar-refractivity contribution < 1.29 is 38.5 Å². The summed E-state index contributed by atoms with van der Waals surface area (Å²) in [6, 6.07) is 7.87. The van der Waals surface area contributed by atoms with E-state index in [4.69, 9.17) is 24.2 Å². The highest BCUT2D eigenvalue weighted by Crippen LogP contribution is 2.42. The molecule has 340 valence electrons. The molecule has 6 bridgehead atoms. The molecule has 4 amide bonds. The molecule has 16 nitrogen and oxygen atoms in total. The molecular formula is C46H62N8O8S. The molecule has 2 fully saturated rings. The topological polar surface area (TPSA) is 181 Å². The SMILES string of the molecule is CCn1c(-c2cccnc2[C@H](C)OC)c2c3cc(ccc31)-c1csc(n1)C[C@H](NC(=O)[C@H](C(C)C)N(C)C(=O)N1CC(OC)C1)C(=O)N1CC[C@H](C)[C@@](O)(N1)C(=O)OCC(C)(C)C2. The zero-order valence-electron chi connectivity index (χ0n) is 38.1. The Morgan fingerprint density at radius 3 is 2.59 bits per heavy atom. The van der Waals surface area contributed by atoms with Crippen molar-refractivity contribution in [1.29, 1.82) is 0 Å². The summed E-state index contributed by atoms with van der Waals surface area (Å²) in [6.45, 7) is 15.2. The number of methoxy groups -OCH3 is 2. The first kappa shape index (κ1) is 46.1. The Kier molecular flexibility index (Phi) is 13.4. The van der Waals surface area contributed by atoms with Crippen molar-refractivity contribution in [3.63, 3.8) is 0 Å². The van der Waals surface area contributed by atoms with Crippen LogP contribution in [0.4, 0.5) is 4.79 Å². The highest BCUT2D eigenvalue weighted by Gasteiger charge is 2.50. The number of fused-ring (bicyclic) bond motifs is 6. The lowest BCUT2D eigenvalue weighted by Gasteiger charge is -2.44. The number of esters is 1. The number of aliphatic hydroxyl groups is 1. The number of hydrazine groups is 1. The van der Waals surface area contributed by atoms with Crippen LogP contribution in [0.15, 0.2) is 41.9 Å². The predicted molar refractivity (Wildman–Crippen MR) is 239 cm³/mol. The molecule has 17 heteroatoms. The summed E-state index contributed by atoms with van der Waals surface area (Å²) < 4.78 is 19.4. The minimum Gasteiger partial charge on any atom is -0.462 e. The van der Waals surface area contributed by atoms with E-state index in [9.17, 15) is 24.3 Å². The van der Waals surface area contributed by atoms with Crippen molar-refractivity contribution >= 4 is 46.1 Å². The number of likely N-dealkylation sites (N-methyl/N-ethyl adjacent to an activating group) is 1. The van der Waals surface area contributed by atoms with E-state index < -0.39 is 46.9 Å². The fourth-order valence-electron chi connectivity index (χ4n) is 9.04. The first-order valence-corrected chi connectivity index (χ1v) is 22.7. The Hall–Kier alpha value is -4.94. The second-order valence-electron chi connectivity index (χ2n) is 18.3. The van der Waals surface area contributed by atoms with Gasteiger partial charge in [0, 0.05) is 85.7 Å². The number of urea groups is 1. The highest BCUT2D eigenvalue weighted by atomic mass is 32.1. The fourth-order valence-corrected chi connectivity index (χ4v) is 9.89. The number of nitrogens with zero attached hydrogens (tertiary/aromatic N) is 6. The second kappa shape index (κ2) is 18.3. The maximum Gasteiger partial charge on any atom is 0.355 e. The average molecular weight is 887 g/mol. The van der Waals surface area contributed by atoms with Crippen LogP contribution in [0.2, 0.25) is 0 Å². The summed E-state index contributed by atoms with van der Waals surface area (Å²) in [5.41, 5.74) is 6.32. The quantitative estimate of drug-likeness (QED) is 0.189. The number of carbonyl (C=O) groups excluding carboxylic acids is 4. The van der Waals surface area contributed by atoms with Crippen LogP contribution < -0.4 is 10.7 Å². The van der Waals surface area contributed by atoms with E-state index >= 15 is 0 Å². The second-order valence-corrected chi connectivity index (χ2v) is 19.3. The lowest BCUT2D eigenvalue weighted by molar-refractivity contribution is -0.199. The smallest absolute Gasteiger partial charge is 0.355 e. The van der Waals surface area contributed by atoms with Gasteiger partial charge in [0.2, 0.25) is 11.6 Å². The van der Waals surface area contributed by atoms with Gasteiger partial charge in [0.15, 0.2) is 0 Å². The summed E-state index contributed by atoms with van der Waals surface area (Å²) in [5.74, 6) is -2.93. The molecule has 7 rings (SSSR count). The lowest BCUT2D eigenvalue weighted by atomic mass is 9.84. The van der Waals surface area contributed by atoms with Gasteiger partial charge in [-0.2, -0.15) is 5.43 Å². The zero-order chi connectivity index (χ0) is 45.5. The number of aromatic nitrogens is 3. The van der Waals surface area contributed by atoms with E-state index in [2.05, 4.69) is 40.4 Å². The Bertz CT molecular complexity index is 2360. The van der Waals surface area contributed by atoms with Gasteiger partial charge in [-0.05, 0) is 62.4 Å². The Labute approximate surface area is 373 Å². The number of hydrogen-bond acceptors (Lipinski definition) is 12. The van der Waals surface area contributed by atoms with Crippen LogP contribution in [-0.4, -0.2) is 130 Å². The molecule has 3 aliphatic heterocycles. The number of cyclic esters (lactones) is 1. The molecule has 2 saturated heterocycles. The number of carbonyl (C=O) groups is 4. The summed E-state index contributed by atoms with van der Waals surface area (Å²) in [5, 5.41) is 19.8. The van der Waals surface area contributed by atoms with E-state index in [1.54, 1.807) is 39.3 Å². The van der Waals surface area contributed by atoms with Crippen molar-refractivity contribution in [3.8, 4) is 22.5 Å². The van der Waals surface area contributed by atoms with E-state index in [-0.39, 0.29) is 50.2 Å². The summed E-state index contributed by atoms with van der Waals surface area (Å²) in [7, 11) is 4.85. The maximum absolute atomic E-state index is 14.6. The molecule has 0 radical (unpaired) electrons. The normalized spacial score (nSPS) is 22.9. The van der Waals surface area contributed by atoms with Crippen molar-refractivity contribution in [2.24, 2.45) is 17.3 Å². The van der Waals surface area contributed by atoms with E-state index in [0.717, 1.165) is 39.0 Å². The number of amides is 4. The predicted octanol–water partition coefficient (Wildman–Crippen LogP) is 5.18. The van der Waals surface area contributed by atoms with Crippen molar-refractivity contribution in [3.05, 3.63) is 58.2 Å². The summed E-state index contributed by atoms with van der Waals surface area (Å²) >= 11 is 1.37. The molecule has 5 atom stereocenters. The average Bonchev–Trinajstić information content (AvgIpc) is 3.83. The number of hydrogen-bond donors (Lipinski definition) is 3. The molecule has 3 aromatic heterocycles. The van der Waals surface area contributed by atoms with Gasteiger partial charge in [-0.15, -0.1) is 11.3 Å². The van der Waals surface area contributed by atoms with E-state index in [0.29, 0.717) is 36.8 Å². The molecule has 0 unspecified atom stereocenters. The van der Waals surface area contributed by atoms with Crippen molar-refractivity contribution in [2.45, 2.75) is 104 Å². The Balaban J connectivity index is 1.32. The van der Waals surface area contributed by atoms with Crippen LogP contribution in [0.25, 0.3) is 33.4 Å². The molecular weight excluding hydrogens is 825 g/mol. The van der Waals surface area contributed by atoms with Gasteiger partial charge in [0.1, 0.15) is 12.1 Å². The number of pyridine rings is 1. The van der Waals surface area contributed by atoms with Gasteiger partial charge < -0.3 is 39.0 Å². The van der Waals surface area contributed by atoms with Crippen LogP contribution in [0.1, 0.15) is 77.3 Å². The monoisotopic (exact) mass is 886 g/mol. The number of likely N-dealkylation sites (tertiary alicyclic amines) is 1. The molecule has 0 saturated carbocycles. The van der Waals surface area contributed by atoms with Gasteiger partial charge in [0.05, 0.1) is 54.0 Å². The number of ether oxygens (including phenoxy) is 3. The fraction of sp³-hybridized carbons (Fsp3) is 0.565. The Morgan fingerprint density at radius 1 is 1.16 bits per heavy atom. The number of aryl methyl sites for hydroxylation is 1. The molecule has 0 spiro atoms. The van der Waals surface area contributed by atoms with Crippen molar-refractivity contribution in [2.75, 3.05) is 47.5 Å². The van der Waals surface area contributed by atoms with Crippen molar-refractivity contribution in [1.82, 2.24) is 40.1 Å². The van der Waals surface area contributed by atoms with Gasteiger partial charge in [0.25, 0.3) is 5.91 Å². The van der Waals surface area contributed by atoms with Crippen LogP contribution in [-0.2, 0) is 48.0 Å². The number of benzene rings is 1. The van der Waals surface area contributed by atoms with Crippen LogP contribution in [0.3, 0.4) is 0 Å². The third-order valence-corrected chi connectivity index (χ3v) is 13.7. The van der Waals surface area contributed by atoms with Gasteiger partial charge in [-0.3, -0.25) is 19.6 Å². The zero-order valence-corrected chi connectivity index (χ0v) is 38.9. The molecule has 3 aliphatic rings. The summed E-state index contributed by atoms with van der Waals surface area (Å²) in [4.78, 5) is 69.4. The first-order chi connectivity index (χ1) is 29.9. The summed E-state index contributed by atoms with van der Waals surface area (Å²) in [6.07, 6.45) is 2.20. The molecule has 4 aromatic rings. The van der Waals surface area contributed by atoms with Gasteiger partial charge >= 0.3 is 12.0 Å². The molecule has 0 aliphatic carbocycles. The Morgan fingerprint density at radius 2 is 1.90 bits per heavy atom. The first-order valence-electron chi connectivity index (χ1n) is 21.8. The maximum atomic E-state index is 14.6. The minimum atomic E-state index is -2.25. The highest BCUT2D eigenvalue weighted by molar-refractivity contribution is 7.10. The van der Waals surface area contributed by atoms with Crippen LogP contribution >= 0.6 is 11.3 Å². The van der Waals surface area contributed by atoms with E-state index in [1.165, 1.54) is 21.2 Å². The largest absolute Gasteiger partial charge is 0.462 e. The molecule has 3 N–H and O–H groups in total. The van der Waals surface area contributed by atoms with Crippen LogP contribution in [0.5, 0.6) is 0 Å². The molecule has 1 aromatic carbocycles. The standard InChI is InChI=1S/C46H62N8O8S/c1-11-53-36-15-14-29-19-32(36)33(40(53)31-13-12-17-47-38(31)28(5)60-9)21-45(6,7)25-62-43(57)46(59)27(4)16-18-54(50-46)42(56)34(20-37-48-35(29)24-63-37)49-41(55)39(26(2)3)51(8)44(58)52-22-30(23-52)61-10/h12-15,17,19,24,26-28,30,34,39,50,59H,11,16,18,20-23,25H2,1-10H3,(H,49,55)/t27-,28-,34-,39-,46-/m0/s1. The number of nitrogens with one attached hydrogen (secondary N) is 2. The number of rotatable bonds is 9. The van der Waals surface area contributed by atoms with Gasteiger partial charge in [-0.1, -0.05) is 40.7 Å². The van der Waals surface area contributed by atoms with Gasteiger partial charge in [-0.25, -0.2) is 14.6 Å². The molecule has 63 heavy (non-hydrogen) atoms. The van der Waals surface area contributed by atoms with E-state index in [1.807, 2.05) is 52.1 Å².